The molecule has 1 amide bonds. The molecule has 0 radical (unpaired) electrons. The number of carbonyl (C=O) groups excluding carboxylic acids is 1. The molecule has 0 aliphatic heterocycles. The number of para-hydroxylation sites is 2. The molecule has 3 aromatic carbocycles. The van der Waals surface area contributed by atoms with Gasteiger partial charge < -0.3 is 10.5 Å². The molecule has 0 atom stereocenters. The summed E-state index contributed by atoms with van der Waals surface area (Å²) in [4.78, 5) is 29.0. The summed E-state index contributed by atoms with van der Waals surface area (Å²) in [6.45, 7) is 0. The van der Waals surface area contributed by atoms with Crippen molar-refractivity contribution in [3.05, 3.63) is 89.2 Å². The minimum atomic E-state index is -0.476. The molecule has 7 heteroatoms. The Hall–Kier alpha value is -3.58. The fourth-order valence-corrected chi connectivity index (χ4v) is 3.61. The van der Waals surface area contributed by atoms with E-state index in [9.17, 15) is 9.59 Å². The van der Waals surface area contributed by atoms with Crippen molar-refractivity contribution < 1.29 is 9.53 Å². The summed E-state index contributed by atoms with van der Waals surface area (Å²) in [5, 5.41) is 0.907. The Morgan fingerprint density at radius 3 is 2.31 bits per heavy atom. The molecule has 144 valence electrons. The van der Waals surface area contributed by atoms with E-state index in [1.807, 2.05) is 36.4 Å². The molecule has 0 saturated heterocycles. The van der Waals surface area contributed by atoms with E-state index in [1.165, 1.54) is 4.57 Å². The molecule has 4 aromatic rings. The molecule has 29 heavy (non-hydrogen) atoms. The minimum absolute atomic E-state index is 0.0278. The molecule has 0 saturated carbocycles. The van der Waals surface area contributed by atoms with E-state index >= 15 is 0 Å². The van der Waals surface area contributed by atoms with Crippen LogP contribution < -0.4 is 16.0 Å². The van der Waals surface area contributed by atoms with Crippen LogP contribution >= 0.6 is 11.8 Å². The largest absolute Gasteiger partial charge is 0.457 e. The van der Waals surface area contributed by atoms with Crippen LogP contribution in [-0.4, -0.2) is 21.2 Å². The third-order valence-corrected chi connectivity index (χ3v) is 5.12. The fraction of sp³-hybridized carbons (Fsp3) is 0.0455. The molecule has 2 N–H and O–H groups in total. The molecular formula is C22H17N3O3S. The summed E-state index contributed by atoms with van der Waals surface area (Å²) in [6.07, 6.45) is 0. The standard InChI is InChI=1S/C22H17N3O3S/c23-20(26)14-29-22-24-19-9-5-4-8-18(19)21(27)25(22)15-10-12-17(13-11-15)28-16-6-2-1-3-7-16/h1-13H,14H2,(H2,23,26). The first kappa shape index (κ1) is 18.8. The summed E-state index contributed by atoms with van der Waals surface area (Å²) in [7, 11) is 0. The van der Waals surface area contributed by atoms with E-state index in [0.29, 0.717) is 27.5 Å². The highest BCUT2D eigenvalue weighted by atomic mass is 32.2. The average molecular weight is 403 g/mol. The smallest absolute Gasteiger partial charge is 0.266 e. The lowest BCUT2D eigenvalue weighted by Crippen LogP contribution is -2.23. The Morgan fingerprint density at radius 2 is 1.59 bits per heavy atom. The van der Waals surface area contributed by atoms with Gasteiger partial charge in [-0.3, -0.25) is 14.2 Å². The Labute approximate surface area is 171 Å². The van der Waals surface area contributed by atoms with Crippen LogP contribution in [0.2, 0.25) is 0 Å². The molecule has 4 rings (SSSR count). The van der Waals surface area contributed by atoms with Crippen LogP contribution in [0, 0.1) is 0 Å². The summed E-state index contributed by atoms with van der Waals surface area (Å²) >= 11 is 1.13. The van der Waals surface area contributed by atoms with Gasteiger partial charge in [-0.2, -0.15) is 0 Å². The molecule has 0 spiro atoms. The first-order chi connectivity index (χ1) is 14.1. The first-order valence-electron chi connectivity index (χ1n) is 8.88. The molecular weight excluding hydrogens is 386 g/mol. The lowest BCUT2D eigenvalue weighted by Gasteiger charge is -2.13. The van der Waals surface area contributed by atoms with E-state index in [0.717, 1.165) is 17.5 Å². The molecule has 0 bridgehead atoms. The van der Waals surface area contributed by atoms with Crippen molar-refractivity contribution in [3.8, 4) is 17.2 Å². The van der Waals surface area contributed by atoms with Crippen molar-refractivity contribution in [2.24, 2.45) is 5.73 Å². The summed E-state index contributed by atoms with van der Waals surface area (Å²) in [5.41, 5.74) is 6.27. The molecule has 0 unspecified atom stereocenters. The number of benzene rings is 3. The number of hydrogen-bond acceptors (Lipinski definition) is 5. The van der Waals surface area contributed by atoms with Crippen molar-refractivity contribution >= 4 is 28.6 Å². The Bertz CT molecular complexity index is 1220. The van der Waals surface area contributed by atoms with E-state index in [1.54, 1.807) is 42.5 Å². The minimum Gasteiger partial charge on any atom is -0.457 e. The van der Waals surface area contributed by atoms with Crippen molar-refractivity contribution in [2.75, 3.05) is 5.75 Å². The van der Waals surface area contributed by atoms with Gasteiger partial charge in [-0.25, -0.2) is 4.98 Å². The summed E-state index contributed by atoms with van der Waals surface area (Å²) < 4.78 is 7.30. The van der Waals surface area contributed by atoms with Gasteiger partial charge in [0.1, 0.15) is 11.5 Å². The Kier molecular flexibility index (Phi) is 5.31. The number of aromatic nitrogens is 2. The highest BCUT2D eigenvalue weighted by Gasteiger charge is 2.14. The molecule has 1 aromatic heterocycles. The van der Waals surface area contributed by atoms with Crippen LogP contribution in [-0.2, 0) is 4.79 Å². The normalized spacial score (nSPS) is 10.8. The lowest BCUT2D eigenvalue weighted by molar-refractivity contribution is -0.115. The second kappa shape index (κ2) is 8.20. The quantitative estimate of drug-likeness (QED) is 0.391. The van der Waals surface area contributed by atoms with Crippen LogP contribution in [0.25, 0.3) is 16.6 Å². The van der Waals surface area contributed by atoms with Gasteiger partial charge in [0.2, 0.25) is 5.91 Å². The number of carbonyl (C=O) groups is 1. The second-order valence-electron chi connectivity index (χ2n) is 6.22. The Morgan fingerprint density at radius 1 is 0.931 bits per heavy atom. The summed E-state index contributed by atoms with van der Waals surface area (Å²) in [6, 6.07) is 23.7. The topological polar surface area (TPSA) is 87.2 Å². The second-order valence-corrected chi connectivity index (χ2v) is 7.16. The number of primary amides is 1. The fourth-order valence-electron chi connectivity index (χ4n) is 2.86. The maximum atomic E-state index is 13.1. The number of fused-ring (bicyclic) bond motifs is 1. The zero-order valence-corrected chi connectivity index (χ0v) is 16.1. The molecule has 0 fully saturated rings. The average Bonchev–Trinajstić information content (AvgIpc) is 2.74. The number of ether oxygens (including phenoxy) is 1. The molecule has 0 aliphatic rings. The van der Waals surface area contributed by atoms with Gasteiger partial charge in [0.15, 0.2) is 5.16 Å². The highest BCUT2D eigenvalue weighted by Crippen LogP contribution is 2.25. The predicted molar refractivity (Wildman–Crippen MR) is 114 cm³/mol. The number of nitrogens with two attached hydrogens (primary N) is 1. The Balaban J connectivity index is 1.75. The zero-order valence-electron chi connectivity index (χ0n) is 15.3. The van der Waals surface area contributed by atoms with Gasteiger partial charge in [-0.1, -0.05) is 42.1 Å². The van der Waals surface area contributed by atoms with Gasteiger partial charge in [0, 0.05) is 0 Å². The van der Waals surface area contributed by atoms with Crippen LogP contribution in [0.15, 0.2) is 88.8 Å². The van der Waals surface area contributed by atoms with E-state index < -0.39 is 5.91 Å². The lowest BCUT2D eigenvalue weighted by atomic mass is 10.2. The van der Waals surface area contributed by atoms with Crippen molar-refractivity contribution in [1.29, 1.82) is 0 Å². The zero-order chi connectivity index (χ0) is 20.2. The maximum absolute atomic E-state index is 13.1. The van der Waals surface area contributed by atoms with Crippen molar-refractivity contribution in [3.63, 3.8) is 0 Å². The monoisotopic (exact) mass is 403 g/mol. The van der Waals surface area contributed by atoms with Gasteiger partial charge in [0.05, 0.1) is 22.3 Å². The van der Waals surface area contributed by atoms with Crippen LogP contribution in [0.1, 0.15) is 0 Å². The van der Waals surface area contributed by atoms with Crippen molar-refractivity contribution in [2.45, 2.75) is 5.16 Å². The third-order valence-electron chi connectivity index (χ3n) is 4.16. The van der Waals surface area contributed by atoms with Gasteiger partial charge in [-0.05, 0) is 48.5 Å². The first-order valence-corrected chi connectivity index (χ1v) is 9.86. The van der Waals surface area contributed by atoms with Crippen LogP contribution in [0.4, 0.5) is 0 Å². The number of thioether (sulfide) groups is 1. The third kappa shape index (κ3) is 4.14. The van der Waals surface area contributed by atoms with Crippen LogP contribution in [0.5, 0.6) is 11.5 Å². The number of hydrogen-bond donors (Lipinski definition) is 1. The number of amides is 1. The van der Waals surface area contributed by atoms with E-state index in [2.05, 4.69) is 4.98 Å². The molecule has 6 nitrogen and oxygen atoms in total. The molecule has 1 heterocycles. The highest BCUT2D eigenvalue weighted by molar-refractivity contribution is 7.99. The maximum Gasteiger partial charge on any atom is 0.266 e. The van der Waals surface area contributed by atoms with E-state index in [4.69, 9.17) is 10.5 Å². The predicted octanol–water partition coefficient (Wildman–Crippen LogP) is 3.76. The number of nitrogens with zero attached hydrogens (tertiary/aromatic N) is 2. The van der Waals surface area contributed by atoms with E-state index in [-0.39, 0.29) is 11.3 Å². The van der Waals surface area contributed by atoms with Crippen molar-refractivity contribution in [1.82, 2.24) is 9.55 Å². The van der Waals surface area contributed by atoms with Gasteiger partial charge in [-0.15, -0.1) is 0 Å². The summed E-state index contributed by atoms with van der Waals surface area (Å²) in [5.74, 6) is 0.922. The molecule has 0 aliphatic carbocycles. The van der Waals surface area contributed by atoms with Crippen LogP contribution in [0.3, 0.4) is 0 Å². The SMILES string of the molecule is NC(=O)CSc1nc2ccccc2c(=O)n1-c1ccc(Oc2ccccc2)cc1. The van der Waals surface area contributed by atoms with Gasteiger partial charge in [0.25, 0.3) is 5.56 Å². The number of rotatable bonds is 6. The van der Waals surface area contributed by atoms with Gasteiger partial charge >= 0.3 is 0 Å².